The van der Waals surface area contributed by atoms with Crippen LogP contribution in [0.1, 0.15) is 84.2 Å². The molecule has 1 atom stereocenters. The van der Waals surface area contributed by atoms with Crippen molar-refractivity contribution in [2.24, 2.45) is 0 Å². The summed E-state index contributed by atoms with van der Waals surface area (Å²) in [5.74, 6) is 0.810. The highest BCUT2D eigenvalue weighted by Crippen LogP contribution is 2.39. The second-order valence-electron chi connectivity index (χ2n) is 8.90. The molecule has 2 heterocycles. The van der Waals surface area contributed by atoms with E-state index in [9.17, 15) is 4.79 Å². The number of carbonyl (C=O) groups is 1. The van der Waals surface area contributed by atoms with Gasteiger partial charge in [0.05, 0.1) is 0 Å². The quantitative estimate of drug-likeness (QED) is 0.678. The normalized spacial score (nSPS) is 21.1. The predicted octanol–water partition coefficient (Wildman–Crippen LogP) is 5.31. The van der Waals surface area contributed by atoms with Gasteiger partial charge in [0, 0.05) is 23.8 Å². The monoisotopic (exact) mass is 373 g/mol. The molecule has 1 amide bonds. The summed E-state index contributed by atoms with van der Waals surface area (Å²) >= 11 is 0. The first kappa shape index (κ1) is 20.1. The Kier molecular flexibility index (Phi) is 6.40. The van der Waals surface area contributed by atoms with Gasteiger partial charge in [-0.2, -0.15) is 0 Å². The van der Waals surface area contributed by atoms with Gasteiger partial charge >= 0.3 is 6.09 Å². The van der Waals surface area contributed by atoms with Gasteiger partial charge in [-0.1, -0.05) is 19.4 Å². The molecule has 1 unspecified atom stereocenters. The van der Waals surface area contributed by atoms with Crippen molar-refractivity contribution in [1.29, 1.82) is 0 Å². The highest BCUT2D eigenvalue weighted by atomic mass is 16.6. The summed E-state index contributed by atoms with van der Waals surface area (Å²) < 4.78 is 5.75. The Labute approximate surface area is 164 Å². The van der Waals surface area contributed by atoms with Gasteiger partial charge in [-0.05, 0) is 78.5 Å². The average Bonchev–Trinajstić information content (AvgIpc) is 3.02. The molecule has 0 spiro atoms. The summed E-state index contributed by atoms with van der Waals surface area (Å²) in [6.07, 6.45) is 9.52. The van der Waals surface area contributed by atoms with Crippen LogP contribution in [0.25, 0.3) is 0 Å². The zero-order valence-electron chi connectivity index (χ0n) is 17.4. The lowest BCUT2D eigenvalue weighted by atomic mass is 9.91. The summed E-state index contributed by atoms with van der Waals surface area (Å²) in [7, 11) is 0. The van der Waals surface area contributed by atoms with E-state index in [1.165, 1.54) is 24.8 Å². The number of amides is 1. The maximum Gasteiger partial charge on any atom is 0.416 e. The average molecular weight is 374 g/mol. The zero-order valence-corrected chi connectivity index (χ0v) is 17.4. The molecule has 0 bridgehead atoms. The molecule has 150 valence electrons. The van der Waals surface area contributed by atoms with E-state index >= 15 is 0 Å². The van der Waals surface area contributed by atoms with Crippen LogP contribution in [0, 0.1) is 0 Å². The largest absolute Gasteiger partial charge is 0.443 e. The molecule has 5 heteroatoms. The molecule has 0 N–H and O–H groups in total. The van der Waals surface area contributed by atoms with Gasteiger partial charge < -0.3 is 4.74 Å². The molecule has 1 saturated carbocycles. The Hall–Kier alpha value is -1.62. The van der Waals surface area contributed by atoms with E-state index in [1.54, 1.807) is 6.20 Å². The van der Waals surface area contributed by atoms with Crippen molar-refractivity contribution in [3.63, 3.8) is 0 Å². The van der Waals surface area contributed by atoms with E-state index in [-0.39, 0.29) is 12.1 Å². The number of likely N-dealkylation sites (tertiary alicyclic amines) is 1. The van der Waals surface area contributed by atoms with Crippen molar-refractivity contribution < 1.29 is 9.53 Å². The highest BCUT2D eigenvalue weighted by Gasteiger charge is 2.37. The van der Waals surface area contributed by atoms with Crippen LogP contribution in [0.5, 0.6) is 0 Å². The Bertz CT molecular complexity index is 637. The molecular weight excluding hydrogens is 338 g/mol. The fourth-order valence-corrected chi connectivity index (χ4v) is 4.04. The van der Waals surface area contributed by atoms with E-state index in [0.717, 1.165) is 44.6 Å². The lowest BCUT2D eigenvalue weighted by Gasteiger charge is -2.39. The van der Waals surface area contributed by atoms with Crippen LogP contribution in [-0.2, 0) is 4.74 Å². The smallest absolute Gasteiger partial charge is 0.416 e. The molecule has 0 radical (unpaired) electrons. The van der Waals surface area contributed by atoms with Crippen LogP contribution in [0.15, 0.2) is 18.3 Å². The van der Waals surface area contributed by atoms with Crippen molar-refractivity contribution in [1.82, 2.24) is 9.88 Å². The molecular formula is C22H35N3O2. The maximum absolute atomic E-state index is 13.1. The van der Waals surface area contributed by atoms with Crippen molar-refractivity contribution in [2.75, 3.05) is 18.0 Å². The molecule has 1 aromatic rings. The summed E-state index contributed by atoms with van der Waals surface area (Å²) in [6, 6.07) is 4.72. The number of anilines is 1. The van der Waals surface area contributed by atoms with Crippen molar-refractivity contribution in [3.8, 4) is 0 Å². The third-order valence-electron chi connectivity index (χ3n) is 5.60. The van der Waals surface area contributed by atoms with E-state index in [1.807, 2.05) is 31.7 Å². The molecule has 1 aromatic heterocycles. The van der Waals surface area contributed by atoms with Crippen LogP contribution in [0.2, 0.25) is 0 Å². The van der Waals surface area contributed by atoms with Crippen molar-refractivity contribution >= 4 is 11.9 Å². The number of unbranched alkanes of at least 4 members (excludes halogenated alkanes) is 1. The number of ether oxygens (including phenoxy) is 1. The first-order valence-corrected chi connectivity index (χ1v) is 10.6. The number of rotatable bonds is 6. The highest BCUT2D eigenvalue weighted by molar-refractivity contribution is 5.88. The fourth-order valence-electron chi connectivity index (χ4n) is 4.04. The third kappa shape index (κ3) is 4.81. The first-order chi connectivity index (χ1) is 12.9. The minimum absolute atomic E-state index is 0.207. The molecule has 2 fully saturated rings. The predicted molar refractivity (Wildman–Crippen MR) is 109 cm³/mol. The minimum Gasteiger partial charge on any atom is -0.443 e. The Morgan fingerprint density at radius 1 is 1.30 bits per heavy atom. The van der Waals surface area contributed by atoms with Gasteiger partial charge in [-0.25, -0.2) is 9.78 Å². The van der Waals surface area contributed by atoms with Gasteiger partial charge in [-0.15, -0.1) is 0 Å². The van der Waals surface area contributed by atoms with Crippen LogP contribution in [0.4, 0.5) is 10.6 Å². The van der Waals surface area contributed by atoms with Gasteiger partial charge in [-0.3, -0.25) is 9.80 Å². The maximum atomic E-state index is 13.1. The van der Waals surface area contributed by atoms with Crippen molar-refractivity contribution in [3.05, 3.63) is 23.9 Å². The summed E-state index contributed by atoms with van der Waals surface area (Å²) in [5.41, 5.74) is 0.679. The standard InChI is InChI=1S/C22H35N3O2/c1-5-6-15-24-16-9-13-19(24)18-12-8-14-23-20(18)25(17-10-7-11-17)21(26)27-22(2,3)4/h8,12,14,17,19H,5-7,9-11,13,15-16H2,1-4H3. The SMILES string of the molecule is CCCCN1CCCC1c1cccnc1N(C(=O)OC(C)(C)C)C1CCC1. The Morgan fingerprint density at radius 3 is 2.70 bits per heavy atom. The molecule has 1 saturated heterocycles. The minimum atomic E-state index is -0.505. The van der Waals surface area contributed by atoms with Gasteiger partial charge in [0.15, 0.2) is 0 Å². The number of carbonyl (C=O) groups excluding carboxylic acids is 1. The molecule has 27 heavy (non-hydrogen) atoms. The zero-order chi connectivity index (χ0) is 19.4. The molecule has 5 nitrogen and oxygen atoms in total. The first-order valence-electron chi connectivity index (χ1n) is 10.6. The van der Waals surface area contributed by atoms with Crippen molar-refractivity contribution in [2.45, 2.75) is 90.3 Å². The molecule has 0 aromatic carbocycles. The van der Waals surface area contributed by atoms with Gasteiger partial charge in [0.1, 0.15) is 11.4 Å². The molecule has 1 aliphatic carbocycles. The van der Waals surface area contributed by atoms with Crippen LogP contribution in [0.3, 0.4) is 0 Å². The van der Waals surface area contributed by atoms with Crippen LogP contribution < -0.4 is 4.90 Å². The topological polar surface area (TPSA) is 45.7 Å². The molecule has 3 rings (SSSR count). The second kappa shape index (κ2) is 8.59. The van der Waals surface area contributed by atoms with Crippen LogP contribution >= 0.6 is 0 Å². The van der Waals surface area contributed by atoms with Crippen LogP contribution in [-0.4, -0.2) is 40.7 Å². The van der Waals surface area contributed by atoms with Gasteiger partial charge in [0.25, 0.3) is 0 Å². The number of pyridine rings is 1. The number of nitrogens with zero attached hydrogens (tertiary/aromatic N) is 3. The van der Waals surface area contributed by atoms with E-state index in [4.69, 9.17) is 9.72 Å². The van der Waals surface area contributed by atoms with E-state index in [2.05, 4.69) is 17.9 Å². The van der Waals surface area contributed by atoms with E-state index in [0.29, 0.717) is 6.04 Å². The number of aromatic nitrogens is 1. The molecule has 1 aliphatic heterocycles. The Balaban J connectivity index is 1.90. The summed E-state index contributed by atoms with van der Waals surface area (Å²) in [4.78, 5) is 22.2. The fraction of sp³-hybridized carbons (Fsp3) is 0.727. The second-order valence-corrected chi connectivity index (χ2v) is 8.90. The van der Waals surface area contributed by atoms with E-state index < -0.39 is 5.60 Å². The number of hydrogen-bond acceptors (Lipinski definition) is 4. The molecule has 2 aliphatic rings. The lowest BCUT2D eigenvalue weighted by Crippen LogP contribution is -2.48. The number of hydrogen-bond donors (Lipinski definition) is 0. The van der Waals surface area contributed by atoms with Gasteiger partial charge in [0.2, 0.25) is 0 Å². The third-order valence-corrected chi connectivity index (χ3v) is 5.60. The summed E-state index contributed by atoms with van der Waals surface area (Å²) in [5, 5.41) is 0. The lowest BCUT2D eigenvalue weighted by molar-refractivity contribution is 0.0547. The Morgan fingerprint density at radius 2 is 2.07 bits per heavy atom. The summed E-state index contributed by atoms with van der Waals surface area (Å²) in [6.45, 7) is 10.3.